The van der Waals surface area contributed by atoms with E-state index in [4.69, 9.17) is 0 Å². The van der Waals surface area contributed by atoms with Gasteiger partial charge in [0.25, 0.3) is 5.91 Å². The number of hydrogen-bond acceptors (Lipinski definition) is 1. The molecule has 3 nitrogen and oxygen atoms in total. The van der Waals surface area contributed by atoms with Gasteiger partial charge in [0.15, 0.2) is 0 Å². The molecule has 0 aliphatic carbocycles. The van der Waals surface area contributed by atoms with Gasteiger partial charge in [-0.2, -0.15) is 0 Å². The molecular weight excluding hydrogens is 202 g/mol. The zero-order valence-corrected chi connectivity index (χ0v) is 8.51. The van der Waals surface area contributed by atoms with Crippen molar-refractivity contribution in [2.45, 2.75) is 0 Å². The fourth-order valence-electron chi connectivity index (χ4n) is 1.35. The monoisotopic (exact) mass is 212 g/mol. The molecule has 0 aromatic heterocycles. The molecule has 2 rings (SSSR count). The summed E-state index contributed by atoms with van der Waals surface area (Å²) in [6.45, 7) is 0. The van der Waals surface area contributed by atoms with Crippen molar-refractivity contribution in [1.29, 1.82) is 0 Å². The third kappa shape index (κ3) is 2.20. The second-order valence-electron chi connectivity index (χ2n) is 3.32. The van der Waals surface area contributed by atoms with Gasteiger partial charge in [0.2, 0.25) is 5.75 Å². The minimum absolute atomic E-state index is 0.188. The van der Waals surface area contributed by atoms with E-state index < -0.39 is 0 Å². The van der Waals surface area contributed by atoms with Crippen LogP contribution in [0.1, 0.15) is 10.4 Å². The van der Waals surface area contributed by atoms with Gasteiger partial charge < -0.3 is 5.32 Å². The third-order valence-corrected chi connectivity index (χ3v) is 2.17. The molecular formula is C13H10NO2. The molecule has 0 spiro atoms. The summed E-state index contributed by atoms with van der Waals surface area (Å²) in [6, 6.07) is 15.1. The molecule has 0 bridgehead atoms. The molecule has 0 atom stereocenters. The molecule has 79 valence electrons. The highest BCUT2D eigenvalue weighted by Gasteiger charge is 2.08. The van der Waals surface area contributed by atoms with Gasteiger partial charge in [-0.15, -0.1) is 0 Å². The minimum Gasteiger partial charge on any atom is -0.319 e. The SMILES string of the molecule is [O]c1ccccc1NC(=O)c1ccccc1. The summed E-state index contributed by atoms with van der Waals surface area (Å²) in [5.41, 5.74) is 0.835. The highest BCUT2D eigenvalue weighted by molar-refractivity contribution is 6.04. The van der Waals surface area contributed by atoms with Crippen LogP contribution in [0.3, 0.4) is 0 Å². The normalized spacial score (nSPS) is 9.75. The van der Waals surface area contributed by atoms with Crippen LogP contribution in [0.4, 0.5) is 5.69 Å². The van der Waals surface area contributed by atoms with Crippen LogP contribution in [-0.2, 0) is 5.11 Å². The van der Waals surface area contributed by atoms with Gasteiger partial charge in [0.1, 0.15) is 0 Å². The maximum absolute atomic E-state index is 11.7. The Kier molecular flexibility index (Phi) is 2.87. The molecule has 1 amide bonds. The van der Waals surface area contributed by atoms with Crippen LogP contribution in [0.15, 0.2) is 54.6 Å². The Labute approximate surface area is 93.4 Å². The number of carbonyl (C=O) groups excluding carboxylic acids is 1. The second kappa shape index (κ2) is 4.49. The van der Waals surface area contributed by atoms with Crippen molar-refractivity contribution >= 4 is 11.6 Å². The van der Waals surface area contributed by atoms with Gasteiger partial charge >= 0.3 is 0 Å². The molecule has 0 aliphatic rings. The van der Waals surface area contributed by atoms with E-state index in [1.54, 1.807) is 42.5 Å². The number of anilines is 1. The molecule has 1 N–H and O–H groups in total. The largest absolute Gasteiger partial charge is 0.319 e. The molecule has 0 saturated heterocycles. The van der Waals surface area contributed by atoms with Gasteiger partial charge in [0.05, 0.1) is 5.69 Å². The van der Waals surface area contributed by atoms with Gasteiger partial charge in [-0.25, -0.2) is 0 Å². The lowest BCUT2D eigenvalue weighted by Gasteiger charge is -2.05. The first-order valence-corrected chi connectivity index (χ1v) is 4.90. The van der Waals surface area contributed by atoms with Crippen LogP contribution in [0.25, 0.3) is 0 Å². The molecule has 0 heterocycles. The number of rotatable bonds is 2. The Balaban J connectivity index is 2.18. The van der Waals surface area contributed by atoms with Gasteiger partial charge in [-0.3, -0.25) is 9.90 Å². The van der Waals surface area contributed by atoms with Gasteiger partial charge in [-0.05, 0) is 24.3 Å². The van der Waals surface area contributed by atoms with E-state index >= 15 is 0 Å². The number of nitrogens with one attached hydrogen (secondary N) is 1. The van der Waals surface area contributed by atoms with Crippen LogP contribution < -0.4 is 5.32 Å². The molecule has 0 unspecified atom stereocenters. The molecule has 16 heavy (non-hydrogen) atoms. The number of amides is 1. The van der Waals surface area contributed by atoms with Crippen LogP contribution in [0, 0.1) is 0 Å². The van der Waals surface area contributed by atoms with Crippen molar-refractivity contribution < 1.29 is 9.90 Å². The maximum Gasteiger partial charge on any atom is 0.255 e. The summed E-state index contributed by atoms with van der Waals surface area (Å²) in [5.74, 6) is -0.462. The van der Waals surface area contributed by atoms with Crippen LogP contribution in [-0.4, -0.2) is 5.91 Å². The second-order valence-corrected chi connectivity index (χ2v) is 3.32. The molecule has 0 aliphatic heterocycles. The van der Waals surface area contributed by atoms with E-state index in [9.17, 15) is 9.90 Å². The van der Waals surface area contributed by atoms with E-state index in [2.05, 4.69) is 5.32 Å². The first-order chi connectivity index (χ1) is 7.77. The van der Waals surface area contributed by atoms with E-state index in [1.165, 1.54) is 6.07 Å². The van der Waals surface area contributed by atoms with Crippen molar-refractivity contribution in [3.8, 4) is 5.75 Å². The molecule has 0 fully saturated rings. The third-order valence-electron chi connectivity index (χ3n) is 2.17. The summed E-state index contributed by atoms with van der Waals surface area (Å²) in [7, 11) is 0. The smallest absolute Gasteiger partial charge is 0.255 e. The Morgan fingerprint density at radius 1 is 0.875 bits per heavy atom. The highest BCUT2D eigenvalue weighted by atomic mass is 16.3. The zero-order valence-electron chi connectivity index (χ0n) is 8.51. The number of para-hydroxylation sites is 2. The lowest BCUT2D eigenvalue weighted by Crippen LogP contribution is -2.11. The maximum atomic E-state index is 11.7. The summed E-state index contributed by atoms with van der Waals surface area (Å²) in [6.07, 6.45) is 0. The summed E-state index contributed by atoms with van der Waals surface area (Å²) in [4.78, 5) is 11.7. The van der Waals surface area contributed by atoms with Crippen LogP contribution >= 0.6 is 0 Å². The lowest BCUT2D eigenvalue weighted by molar-refractivity contribution is 0.102. The van der Waals surface area contributed by atoms with Crippen molar-refractivity contribution in [3.05, 3.63) is 60.2 Å². The summed E-state index contributed by atoms with van der Waals surface area (Å²) >= 11 is 0. The first-order valence-electron chi connectivity index (χ1n) is 4.90. The quantitative estimate of drug-likeness (QED) is 0.817. The van der Waals surface area contributed by atoms with Crippen molar-refractivity contribution in [2.24, 2.45) is 0 Å². The van der Waals surface area contributed by atoms with E-state index in [1.807, 2.05) is 6.07 Å². The van der Waals surface area contributed by atoms with Crippen molar-refractivity contribution in [3.63, 3.8) is 0 Å². The van der Waals surface area contributed by atoms with Crippen molar-refractivity contribution in [1.82, 2.24) is 0 Å². The summed E-state index contributed by atoms with van der Waals surface area (Å²) < 4.78 is 0. The van der Waals surface area contributed by atoms with Crippen LogP contribution in [0.2, 0.25) is 0 Å². The Bertz CT molecular complexity index is 494. The number of carbonyl (C=O) groups is 1. The fourth-order valence-corrected chi connectivity index (χ4v) is 1.35. The number of benzene rings is 2. The summed E-state index contributed by atoms with van der Waals surface area (Å²) in [5, 5.41) is 13.9. The van der Waals surface area contributed by atoms with E-state index in [-0.39, 0.29) is 11.7 Å². The Morgan fingerprint density at radius 2 is 1.50 bits per heavy atom. The molecule has 3 heteroatoms. The molecule has 2 aromatic carbocycles. The van der Waals surface area contributed by atoms with Gasteiger partial charge in [-0.1, -0.05) is 30.3 Å². The minimum atomic E-state index is -0.274. The van der Waals surface area contributed by atoms with E-state index in [0.29, 0.717) is 11.3 Å². The average Bonchev–Trinajstić information content (AvgIpc) is 2.33. The van der Waals surface area contributed by atoms with Crippen LogP contribution in [0.5, 0.6) is 5.75 Å². The predicted octanol–water partition coefficient (Wildman–Crippen LogP) is 3.08. The van der Waals surface area contributed by atoms with Gasteiger partial charge in [0, 0.05) is 5.56 Å². The van der Waals surface area contributed by atoms with Crippen molar-refractivity contribution in [2.75, 3.05) is 5.32 Å². The fraction of sp³-hybridized carbons (Fsp3) is 0. The molecule has 0 saturated carbocycles. The lowest BCUT2D eigenvalue weighted by atomic mass is 10.2. The average molecular weight is 212 g/mol. The molecule has 1 radical (unpaired) electrons. The predicted molar refractivity (Wildman–Crippen MR) is 61.0 cm³/mol. The Hall–Kier alpha value is -2.29. The Morgan fingerprint density at radius 3 is 2.19 bits per heavy atom. The number of hydrogen-bond donors (Lipinski definition) is 1. The molecule has 2 aromatic rings. The first kappa shape index (κ1) is 10.2. The highest BCUT2D eigenvalue weighted by Crippen LogP contribution is 2.22. The standard InChI is InChI=1S/C13H10NO2/c15-12-9-5-4-8-11(12)14-13(16)10-6-2-1-3-7-10/h1-9H,(H,14,16). The topological polar surface area (TPSA) is 49.0 Å². The van der Waals surface area contributed by atoms with E-state index in [0.717, 1.165) is 0 Å². The zero-order chi connectivity index (χ0) is 11.4.